The number of carbonyl (C=O) groups is 1. The van der Waals surface area contributed by atoms with Crippen LogP contribution in [0.25, 0.3) is 0 Å². The third kappa shape index (κ3) is 1.73. The van der Waals surface area contributed by atoms with Gasteiger partial charge < -0.3 is 5.32 Å². The molecule has 0 aliphatic heterocycles. The minimum atomic E-state index is -0.586. The average molecular weight is 153 g/mol. The highest BCUT2D eigenvalue weighted by molar-refractivity contribution is 5.93. The second kappa shape index (κ2) is 3.09. The fourth-order valence-electron chi connectivity index (χ4n) is 0.654. The molecule has 11 heavy (non-hydrogen) atoms. The fraction of sp³-hybridized carbons (Fsp3) is 0.143. The van der Waals surface area contributed by atoms with Gasteiger partial charge in [0, 0.05) is 13.2 Å². The number of hydrogen-bond acceptors (Lipinski definition) is 2. The Kier molecular flexibility index (Phi) is 2.15. The molecule has 0 radical (unpaired) electrons. The van der Waals surface area contributed by atoms with Crippen molar-refractivity contribution < 1.29 is 9.18 Å². The van der Waals surface area contributed by atoms with E-state index in [1.54, 1.807) is 0 Å². The summed E-state index contributed by atoms with van der Waals surface area (Å²) in [5.41, 5.74) is 0.355. The number of rotatable bonds is 1. The molecule has 58 valence electrons. The summed E-state index contributed by atoms with van der Waals surface area (Å²) in [6.07, 6.45) is 1.19. The number of hydrogen-bond donors (Lipinski definition) is 1. The Hall–Kier alpha value is -1.45. The zero-order valence-corrected chi connectivity index (χ0v) is 5.97. The van der Waals surface area contributed by atoms with Gasteiger partial charge in [0.1, 0.15) is 0 Å². The number of nitrogens with zero attached hydrogens (tertiary/aromatic N) is 1. The zero-order chi connectivity index (χ0) is 8.27. The van der Waals surface area contributed by atoms with Crippen molar-refractivity contribution in [1.82, 2.24) is 10.3 Å². The lowest BCUT2D eigenvalue weighted by atomic mass is 10.3. The summed E-state index contributed by atoms with van der Waals surface area (Å²) in [6, 6.07) is 2.52. The van der Waals surface area contributed by atoms with Gasteiger partial charge in [-0.05, 0) is 12.1 Å². The van der Waals surface area contributed by atoms with Gasteiger partial charge in [-0.25, -0.2) is 4.98 Å². The maximum absolute atomic E-state index is 12.2. The van der Waals surface area contributed by atoms with Crippen molar-refractivity contribution >= 4 is 5.91 Å². The van der Waals surface area contributed by atoms with Crippen molar-refractivity contribution in [2.45, 2.75) is 0 Å². The SMILES string of the molecule is CNC(=O)c1ccc([18F])nc1. The smallest absolute Gasteiger partial charge is 0.252 e. The van der Waals surface area contributed by atoms with Gasteiger partial charge >= 0.3 is 0 Å². The number of aromatic nitrogens is 1. The minimum Gasteiger partial charge on any atom is -0.355 e. The van der Waals surface area contributed by atoms with Crippen LogP contribution in [0.15, 0.2) is 18.3 Å². The predicted molar refractivity (Wildman–Crippen MR) is 37.6 cm³/mol. The maximum Gasteiger partial charge on any atom is 0.252 e. The number of amides is 1. The molecule has 0 aliphatic rings. The lowest BCUT2D eigenvalue weighted by Gasteiger charge is -1.96. The van der Waals surface area contributed by atoms with Crippen LogP contribution in [0.5, 0.6) is 0 Å². The Morgan fingerprint density at radius 2 is 2.36 bits per heavy atom. The number of nitrogens with one attached hydrogen (secondary N) is 1. The van der Waals surface area contributed by atoms with Gasteiger partial charge in [-0.15, -0.1) is 0 Å². The Morgan fingerprint density at radius 3 is 2.82 bits per heavy atom. The van der Waals surface area contributed by atoms with Crippen molar-refractivity contribution in [3.63, 3.8) is 0 Å². The summed E-state index contributed by atoms with van der Waals surface area (Å²) in [5.74, 6) is -0.852. The number of pyridine rings is 1. The van der Waals surface area contributed by atoms with Crippen molar-refractivity contribution in [2.24, 2.45) is 0 Å². The van der Waals surface area contributed by atoms with Gasteiger partial charge in [-0.3, -0.25) is 4.79 Å². The predicted octanol–water partition coefficient (Wildman–Crippen LogP) is 0.580. The van der Waals surface area contributed by atoms with Crippen LogP contribution >= 0.6 is 0 Å². The third-order valence-electron chi connectivity index (χ3n) is 1.22. The van der Waals surface area contributed by atoms with Crippen LogP contribution in [0.2, 0.25) is 0 Å². The van der Waals surface area contributed by atoms with E-state index in [-0.39, 0.29) is 5.91 Å². The highest BCUT2D eigenvalue weighted by Crippen LogP contribution is 1.97. The quantitative estimate of drug-likeness (QED) is 0.599. The topological polar surface area (TPSA) is 42.0 Å². The van der Waals surface area contributed by atoms with Crippen LogP contribution in [0.3, 0.4) is 0 Å². The molecule has 1 rings (SSSR count). The summed E-state index contributed by atoms with van der Waals surface area (Å²) >= 11 is 0. The van der Waals surface area contributed by atoms with Crippen LogP contribution < -0.4 is 5.32 Å². The first kappa shape index (κ1) is 7.65. The first-order valence-electron chi connectivity index (χ1n) is 3.07. The summed E-state index contributed by atoms with van der Waals surface area (Å²) in [6.45, 7) is 0. The molecule has 0 fully saturated rings. The van der Waals surface area contributed by atoms with Crippen molar-refractivity contribution in [3.05, 3.63) is 29.8 Å². The Balaban J connectivity index is 2.90. The highest BCUT2D eigenvalue weighted by Gasteiger charge is 2.01. The third-order valence-corrected chi connectivity index (χ3v) is 1.22. The lowest BCUT2D eigenvalue weighted by Crippen LogP contribution is -2.17. The van der Waals surface area contributed by atoms with E-state index in [1.807, 2.05) is 0 Å². The summed E-state index contributed by atoms with van der Waals surface area (Å²) in [5, 5.41) is 2.40. The monoisotopic (exact) mass is 153 g/mol. The van der Waals surface area contributed by atoms with E-state index in [9.17, 15) is 9.18 Å². The van der Waals surface area contributed by atoms with Crippen LogP contribution in [-0.4, -0.2) is 17.9 Å². The molecule has 1 aromatic rings. The van der Waals surface area contributed by atoms with Crippen molar-refractivity contribution in [2.75, 3.05) is 7.05 Å². The Morgan fingerprint density at radius 1 is 1.64 bits per heavy atom. The highest BCUT2D eigenvalue weighted by atomic mass is 18.2. The molecule has 1 N–H and O–H groups in total. The molecule has 0 spiro atoms. The van der Waals surface area contributed by atoms with Gasteiger partial charge in [0.05, 0.1) is 5.56 Å². The second-order valence-corrected chi connectivity index (χ2v) is 1.95. The van der Waals surface area contributed by atoms with E-state index >= 15 is 0 Å². The fourth-order valence-corrected chi connectivity index (χ4v) is 0.654. The minimum absolute atomic E-state index is 0.266. The average Bonchev–Trinajstić information content (AvgIpc) is 2.05. The largest absolute Gasteiger partial charge is 0.355 e. The maximum atomic E-state index is 12.2. The molecule has 0 aromatic carbocycles. The molecular formula is C7H7FN2O. The van der Waals surface area contributed by atoms with E-state index in [0.29, 0.717) is 5.56 Å². The van der Waals surface area contributed by atoms with E-state index in [0.717, 1.165) is 6.07 Å². The van der Waals surface area contributed by atoms with E-state index < -0.39 is 5.95 Å². The van der Waals surface area contributed by atoms with Gasteiger partial charge in [-0.2, -0.15) is 4.39 Å². The molecule has 0 bridgehead atoms. The molecular weight excluding hydrogens is 146 g/mol. The first-order chi connectivity index (χ1) is 5.24. The summed E-state index contributed by atoms with van der Waals surface area (Å²) in [4.78, 5) is 14.2. The number of halogens is 1. The molecule has 1 aromatic heterocycles. The van der Waals surface area contributed by atoms with Crippen LogP contribution in [0.4, 0.5) is 4.39 Å². The molecule has 0 saturated carbocycles. The molecule has 0 unspecified atom stereocenters. The molecule has 0 saturated heterocycles. The van der Waals surface area contributed by atoms with E-state index in [2.05, 4.69) is 10.3 Å². The molecule has 1 amide bonds. The van der Waals surface area contributed by atoms with Gasteiger partial charge in [0.25, 0.3) is 5.91 Å². The standard InChI is InChI=1S/C7H7FN2O/c1-9-7(11)5-2-3-6(8)10-4-5/h2-4H,1H3,(H,9,11)/i8-1. The van der Waals surface area contributed by atoms with Crippen LogP contribution in [0.1, 0.15) is 10.4 Å². The van der Waals surface area contributed by atoms with Crippen LogP contribution in [0, 0.1) is 5.95 Å². The molecule has 0 atom stereocenters. The second-order valence-electron chi connectivity index (χ2n) is 1.95. The molecule has 3 nitrogen and oxygen atoms in total. The van der Waals surface area contributed by atoms with Gasteiger partial charge in [0.15, 0.2) is 0 Å². The normalized spacial score (nSPS) is 9.27. The van der Waals surface area contributed by atoms with Crippen LogP contribution in [-0.2, 0) is 0 Å². The molecule has 4 heteroatoms. The van der Waals surface area contributed by atoms with Gasteiger partial charge in [-0.1, -0.05) is 0 Å². The number of carbonyl (C=O) groups excluding carboxylic acids is 1. The van der Waals surface area contributed by atoms with E-state index in [4.69, 9.17) is 0 Å². The van der Waals surface area contributed by atoms with Crippen molar-refractivity contribution in [1.29, 1.82) is 0 Å². The molecule has 1 heterocycles. The first-order valence-corrected chi connectivity index (χ1v) is 3.07. The Bertz CT molecular complexity index is 258. The van der Waals surface area contributed by atoms with Gasteiger partial charge in [0.2, 0.25) is 5.95 Å². The summed E-state index contributed by atoms with van der Waals surface area (Å²) < 4.78 is 12.2. The summed E-state index contributed by atoms with van der Waals surface area (Å²) in [7, 11) is 1.51. The zero-order valence-electron chi connectivity index (χ0n) is 5.97. The molecule has 0 aliphatic carbocycles. The Labute approximate surface area is 63.3 Å². The lowest BCUT2D eigenvalue weighted by molar-refractivity contribution is 0.0962. The van der Waals surface area contributed by atoms with Crippen molar-refractivity contribution in [3.8, 4) is 0 Å². The van der Waals surface area contributed by atoms with E-state index in [1.165, 1.54) is 19.3 Å².